The van der Waals surface area contributed by atoms with Gasteiger partial charge in [-0.2, -0.15) is 0 Å². The predicted molar refractivity (Wildman–Crippen MR) is 110 cm³/mol. The molecule has 146 valence electrons. The van der Waals surface area contributed by atoms with Crippen LogP contribution < -0.4 is 9.46 Å². The van der Waals surface area contributed by atoms with Crippen LogP contribution in [0.2, 0.25) is 5.02 Å². The average molecular weight is 427 g/mol. The number of anilines is 1. The molecule has 0 amide bonds. The fourth-order valence-corrected chi connectivity index (χ4v) is 3.72. The molecule has 0 saturated heterocycles. The zero-order valence-corrected chi connectivity index (χ0v) is 16.5. The molecule has 0 atom stereocenters. The van der Waals surface area contributed by atoms with Crippen LogP contribution in [0.3, 0.4) is 0 Å². The molecular weight excluding hydrogens is 412 g/mol. The Balaban J connectivity index is 1.43. The summed E-state index contributed by atoms with van der Waals surface area (Å²) in [6, 6.07) is 19.7. The number of rotatable bonds is 6. The van der Waals surface area contributed by atoms with Gasteiger partial charge in [0.05, 0.1) is 4.90 Å². The highest BCUT2D eigenvalue weighted by Crippen LogP contribution is 2.23. The van der Waals surface area contributed by atoms with E-state index in [0.29, 0.717) is 28.2 Å². The third kappa shape index (κ3) is 4.56. The van der Waals surface area contributed by atoms with Gasteiger partial charge in [0, 0.05) is 29.2 Å². The zero-order valence-electron chi connectivity index (χ0n) is 14.9. The van der Waals surface area contributed by atoms with Crippen molar-refractivity contribution in [1.29, 1.82) is 0 Å². The van der Waals surface area contributed by atoms with Gasteiger partial charge in [0.25, 0.3) is 10.0 Å². The van der Waals surface area contributed by atoms with Crippen molar-refractivity contribution < 1.29 is 13.2 Å². The summed E-state index contributed by atoms with van der Waals surface area (Å²) in [6.45, 7) is 0. The van der Waals surface area contributed by atoms with E-state index in [0.717, 1.165) is 0 Å². The predicted octanol–water partition coefficient (Wildman–Crippen LogP) is 4.51. The van der Waals surface area contributed by atoms with Gasteiger partial charge in [0.1, 0.15) is 5.75 Å². The van der Waals surface area contributed by atoms with E-state index in [-0.39, 0.29) is 4.90 Å². The van der Waals surface area contributed by atoms with E-state index in [2.05, 4.69) is 14.9 Å². The molecule has 0 radical (unpaired) electrons. The molecule has 0 spiro atoms. The third-order valence-electron chi connectivity index (χ3n) is 3.95. The normalized spacial score (nSPS) is 11.2. The summed E-state index contributed by atoms with van der Waals surface area (Å²) in [5.41, 5.74) is 0.404. The van der Waals surface area contributed by atoms with E-state index < -0.39 is 10.0 Å². The van der Waals surface area contributed by atoms with Crippen LogP contribution in [0.1, 0.15) is 0 Å². The SMILES string of the molecule is O=S(=O)(Nc1ccc(Oc2ccc(-n3cccc3)nn2)cc1)c1ccc(Cl)cc1. The van der Waals surface area contributed by atoms with Crippen LogP contribution in [0.15, 0.2) is 90.1 Å². The number of ether oxygens (including phenoxy) is 1. The number of hydrogen-bond acceptors (Lipinski definition) is 5. The quantitative estimate of drug-likeness (QED) is 0.490. The molecule has 0 aliphatic rings. The Morgan fingerprint density at radius 3 is 2.17 bits per heavy atom. The highest BCUT2D eigenvalue weighted by atomic mass is 35.5. The average Bonchev–Trinajstić information content (AvgIpc) is 3.25. The topological polar surface area (TPSA) is 86.1 Å². The van der Waals surface area contributed by atoms with E-state index in [4.69, 9.17) is 16.3 Å². The second-order valence-electron chi connectivity index (χ2n) is 6.01. The molecule has 4 rings (SSSR count). The van der Waals surface area contributed by atoms with E-state index in [1.807, 2.05) is 29.1 Å². The molecule has 4 aromatic rings. The largest absolute Gasteiger partial charge is 0.438 e. The van der Waals surface area contributed by atoms with Gasteiger partial charge in [-0.15, -0.1) is 10.2 Å². The summed E-state index contributed by atoms with van der Waals surface area (Å²) in [6.07, 6.45) is 3.74. The lowest BCUT2D eigenvalue weighted by Crippen LogP contribution is -2.12. The number of halogens is 1. The first kappa shape index (κ1) is 19.0. The smallest absolute Gasteiger partial charge is 0.261 e. The highest BCUT2D eigenvalue weighted by Gasteiger charge is 2.14. The van der Waals surface area contributed by atoms with Crippen molar-refractivity contribution in [2.24, 2.45) is 0 Å². The van der Waals surface area contributed by atoms with Crippen molar-refractivity contribution in [3.05, 3.63) is 90.2 Å². The van der Waals surface area contributed by atoms with Gasteiger partial charge in [-0.05, 0) is 66.7 Å². The number of hydrogen-bond donors (Lipinski definition) is 1. The minimum Gasteiger partial charge on any atom is -0.438 e. The third-order valence-corrected chi connectivity index (χ3v) is 5.60. The summed E-state index contributed by atoms with van der Waals surface area (Å²) in [5.74, 6) is 1.51. The summed E-state index contributed by atoms with van der Waals surface area (Å²) in [4.78, 5) is 0.125. The maximum atomic E-state index is 12.4. The molecule has 9 heteroatoms. The Morgan fingerprint density at radius 2 is 1.55 bits per heavy atom. The molecule has 2 aromatic carbocycles. The fourth-order valence-electron chi connectivity index (χ4n) is 2.53. The molecule has 7 nitrogen and oxygen atoms in total. The van der Waals surface area contributed by atoms with Crippen LogP contribution in [0.25, 0.3) is 5.82 Å². The second kappa shape index (κ2) is 7.94. The van der Waals surface area contributed by atoms with Crippen LogP contribution in [0, 0.1) is 0 Å². The molecule has 2 aromatic heterocycles. The van der Waals surface area contributed by atoms with Gasteiger partial charge in [-0.25, -0.2) is 8.42 Å². The van der Waals surface area contributed by atoms with Gasteiger partial charge in [0.2, 0.25) is 5.88 Å². The monoisotopic (exact) mass is 426 g/mol. The molecule has 1 N–H and O–H groups in total. The van der Waals surface area contributed by atoms with Gasteiger partial charge < -0.3 is 9.30 Å². The van der Waals surface area contributed by atoms with Crippen molar-refractivity contribution in [2.75, 3.05) is 4.72 Å². The Morgan fingerprint density at radius 1 is 0.862 bits per heavy atom. The van der Waals surface area contributed by atoms with Crippen molar-refractivity contribution in [1.82, 2.24) is 14.8 Å². The summed E-state index contributed by atoms with van der Waals surface area (Å²) in [5, 5.41) is 8.62. The second-order valence-corrected chi connectivity index (χ2v) is 8.12. The number of sulfonamides is 1. The Kier molecular flexibility index (Phi) is 5.20. The minimum absolute atomic E-state index is 0.125. The molecule has 0 unspecified atom stereocenters. The van der Waals surface area contributed by atoms with Gasteiger partial charge >= 0.3 is 0 Å². The number of benzene rings is 2. The first-order valence-electron chi connectivity index (χ1n) is 8.53. The summed E-state index contributed by atoms with van der Waals surface area (Å²) >= 11 is 5.80. The molecule has 0 aliphatic heterocycles. The minimum atomic E-state index is -3.70. The number of nitrogens with one attached hydrogen (secondary N) is 1. The van der Waals surface area contributed by atoms with E-state index in [9.17, 15) is 8.42 Å². The van der Waals surface area contributed by atoms with E-state index >= 15 is 0 Å². The summed E-state index contributed by atoms with van der Waals surface area (Å²) in [7, 11) is -3.70. The Bertz CT molecular complexity index is 1190. The van der Waals surface area contributed by atoms with Gasteiger partial charge in [0.15, 0.2) is 5.82 Å². The molecule has 0 fully saturated rings. The van der Waals surface area contributed by atoms with Crippen LogP contribution in [-0.4, -0.2) is 23.2 Å². The summed E-state index contributed by atoms with van der Waals surface area (Å²) < 4.78 is 34.8. The van der Waals surface area contributed by atoms with Crippen molar-refractivity contribution in [3.63, 3.8) is 0 Å². The van der Waals surface area contributed by atoms with E-state index in [1.165, 1.54) is 24.3 Å². The molecule has 29 heavy (non-hydrogen) atoms. The maximum absolute atomic E-state index is 12.4. The zero-order chi connectivity index (χ0) is 20.3. The van der Waals surface area contributed by atoms with Gasteiger partial charge in [-0.3, -0.25) is 4.72 Å². The van der Waals surface area contributed by atoms with Gasteiger partial charge in [-0.1, -0.05) is 11.6 Å². The first-order chi connectivity index (χ1) is 14.0. The van der Waals surface area contributed by atoms with Crippen LogP contribution >= 0.6 is 11.6 Å². The van der Waals surface area contributed by atoms with Crippen molar-refractivity contribution in [3.8, 4) is 17.4 Å². The highest BCUT2D eigenvalue weighted by molar-refractivity contribution is 7.92. The Labute approximate surface area is 172 Å². The molecule has 0 bridgehead atoms. The number of nitrogens with zero attached hydrogens (tertiary/aromatic N) is 3. The van der Waals surface area contributed by atoms with Crippen LogP contribution in [-0.2, 0) is 10.0 Å². The molecule has 2 heterocycles. The van der Waals surface area contributed by atoms with Crippen LogP contribution in [0.5, 0.6) is 11.6 Å². The molecular formula is C20H15ClN4O3S. The lowest BCUT2D eigenvalue weighted by Gasteiger charge is -2.09. The fraction of sp³-hybridized carbons (Fsp3) is 0. The first-order valence-corrected chi connectivity index (χ1v) is 10.4. The van der Waals surface area contributed by atoms with Crippen molar-refractivity contribution in [2.45, 2.75) is 4.90 Å². The molecule has 0 aliphatic carbocycles. The van der Waals surface area contributed by atoms with Crippen molar-refractivity contribution >= 4 is 27.3 Å². The number of aromatic nitrogens is 3. The van der Waals surface area contributed by atoms with E-state index in [1.54, 1.807) is 36.4 Å². The Hall–Kier alpha value is -3.36. The van der Waals surface area contributed by atoms with Crippen LogP contribution in [0.4, 0.5) is 5.69 Å². The molecule has 0 saturated carbocycles. The standard InChI is InChI=1S/C20H15ClN4O3S/c21-15-3-9-18(10-4-15)29(26,27)24-16-5-7-17(8-6-16)28-20-12-11-19(22-23-20)25-13-1-2-14-25/h1-14,24H. The lowest BCUT2D eigenvalue weighted by atomic mass is 10.3. The lowest BCUT2D eigenvalue weighted by molar-refractivity contribution is 0.454. The maximum Gasteiger partial charge on any atom is 0.261 e.